The second-order valence-electron chi connectivity index (χ2n) is 5.71. The molecule has 2 amide bonds. The third-order valence-corrected chi connectivity index (χ3v) is 6.28. The van der Waals surface area contributed by atoms with Gasteiger partial charge < -0.3 is 11.1 Å². The summed E-state index contributed by atoms with van der Waals surface area (Å²) in [5.74, 6) is -0.809. The number of hydrogen-bond donors (Lipinski definition) is 2. The van der Waals surface area contributed by atoms with Gasteiger partial charge in [-0.2, -0.15) is 0 Å². The van der Waals surface area contributed by atoms with E-state index in [4.69, 9.17) is 17.3 Å². The number of nitrogens with two attached hydrogens (primary N) is 1. The molecule has 4 nitrogen and oxygen atoms in total. The number of aryl methyl sites for hydroxylation is 1. The van der Waals surface area contributed by atoms with Gasteiger partial charge in [-0.25, -0.2) is 0 Å². The summed E-state index contributed by atoms with van der Waals surface area (Å²) in [7, 11) is 0. The Balaban J connectivity index is 1.96. The van der Waals surface area contributed by atoms with Crippen LogP contribution in [0.3, 0.4) is 0 Å². The van der Waals surface area contributed by atoms with Crippen molar-refractivity contribution in [3.8, 4) is 0 Å². The summed E-state index contributed by atoms with van der Waals surface area (Å²) in [6.45, 7) is 0. The molecule has 1 heterocycles. The zero-order chi connectivity index (χ0) is 17.3. The number of nitrogens with one attached hydrogen (secondary N) is 1. The summed E-state index contributed by atoms with van der Waals surface area (Å²) >= 11 is 9.72. The number of halogens is 2. The minimum absolute atomic E-state index is 0.322. The molecule has 3 rings (SSSR count). The van der Waals surface area contributed by atoms with Gasteiger partial charge in [-0.1, -0.05) is 18.0 Å². The molecule has 0 spiro atoms. The third-order valence-electron chi connectivity index (χ3n) is 4.07. The van der Waals surface area contributed by atoms with Crippen LogP contribution in [0.5, 0.6) is 0 Å². The first kappa shape index (κ1) is 17.7. The average molecular weight is 475 g/mol. The Morgan fingerprint density at radius 3 is 2.71 bits per heavy atom. The van der Waals surface area contributed by atoms with Crippen molar-refractivity contribution in [3.63, 3.8) is 0 Å². The highest BCUT2D eigenvalue weighted by Crippen LogP contribution is 2.37. The largest absolute Gasteiger partial charge is 0.365 e. The molecule has 0 bridgehead atoms. The molecule has 24 heavy (non-hydrogen) atoms. The molecule has 0 aliphatic heterocycles. The maximum atomic E-state index is 12.6. The lowest BCUT2D eigenvalue weighted by molar-refractivity contribution is 0.100. The Bertz CT molecular complexity index is 819. The van der Waals surface area contributed by atoms with E-state index < -0.39 is 5.91 Å². The Morgan fingerprint density at radius 1 is 1.21 bits per heavy atom. The molecule has 1 aliphatic carbocycles. The Morgan fingerprint density at radius 2 is 1.96 bits per heavy atom. The second kappa shape index (κ2) is 7.41. The van der Waals surface area contributed by atoms with Crippen molar-refractivity contribution in [2.75, 3.05) is 5.32 Å². The molecule has 0 saturated carbocycles. The smallest absolute Gasteiger partial charge is 0.257 e. The minimum Gasteiger partial charge on any atom is -0.365 e. The van der Waals surface area contributed by atoms with Gasteiger partial charge in [0.05, 0.1) is 16.1 Å². The first-order valence-corrected chi connectivity index (χ1v) is 9.95. The topological polar surface area (TPSA) is 72.2 Å². The first-order chi connectivity index (χ1) is 11.5. The van der Waals surface area contributed by atoms with Gasteiger partial charge in [-0.3, -0.25) is 9.59 Å². The van der Waals surface area contributed by atoms with Crippen LogP contribution in [-0.2, 0) is 12.8 Å². The average Bonchev–Trinajstić information content (AvgIpc) is 2.71. The normalized spacial score (nSPS) is 13.9. The molecule has 126 valence electrons. The van der Waals surface area contributed by atoms with Crippen molar-refractivity contribution in [1.29, 1.82) is 0 Å². The van der Waals surface area contributed by atoms with E-state index in [9.17, 15) is 9.59 Å². The molecule has 1 aliphatic rings. The molecule has 3 N–H and O–H groups in total. The van der Waals surface area contributed by atoms with E-state index in [1.54, 1.807) is 12.1 Å². The van der Waals surface area contributed by atoms with E-state index in [1.165, 1.54) is 11.3 Å². The number of carbonyl (C=O) groups is 2. The van der Waals surface area contributed by atoms with E-state index in [0.29, 0.717) is 21.2 Å². The summed E-state index contributed by atoms with van der Waals surface area (Å²) in [6, 6.07) is 5.25. The summed E-state index contributed by atoms with van der Waals surface area (Å²) in [6.07, 6.45) is 5.06. The van der Waals surface area contributed by atoms with Crippen LogP contribution in [-0.4, -0.2) is 11.8 Å². The standard InChI is InChI=1S/C17H16ClIN2O2S/c18-12-7-6-9(19)8-11(12)16(23)21-17-14(15(20)22)10-4-2-1-3-5-13(10)24-17/h6-8H,1-5H2,(H2,20,22)(H,21,23). The van der Waals surface area contributed by atoms with E-state index >= 15 is 0 Å². The van der Waals surface area contributed by atoms with Crippen LogP contribution in [0.25, 0.3) is 0 Å². The highest BCUT2D eigenvalue weighted by Gasteiger charge is 2.25. The quantitative estimate of drug-likeness (QED) is 0.503. The van der Waals surface area contributed by atoms with Crippen LogP contribution in [0.15, 0.2) is 18.2 Å². The number of hydrogen-bond acceptors (Lipinski definition) is 3. The fraction of sp³-hybridized carbons (Fsp3) is 0.294. The summed E-state index contributed by atoms with van der Waals surface area (Å²) < 4.78 is 0.916. The fourth-order valence-corrected chi connectivity index (χ4v) is 4.92. The molecule has 0 unspecified atom stereocenters. The predicted molar refractivity (Wildman–Crippen MR) is 106 cm³/mol. The zero-order valence-electron chi connectivity index (χ0n) is 12.8. The minimum atomic E-state index is -0.488. The fourth-order valence-electron chi connectivity index (χ4n) is 2.93. The molecule has 0 radical (unpaired) electrons. The Kier molecular flexibility index (Phi) is 5.46. The first-order valence-electron chi connectivity index (χ1n) is 7.68. The number of rotatable bonds is 3. The summed E-state index contributed by atoms with van der Waals surface area (Å²) in [5.41, 5.74) is 7.46. The zero-order valence-corrected chi connectivity index (χ0v) is 16.6. The van der Waals surface area contributed by atoms with Crippen LogP contribution < -0.4 is 11.1 Å². The van der Waals surface area contributed by atoms with Gasteiger partial charge >= 0.3 is 0 Å². The van der Waals surface area contributed by atoms with Crippen molar-refractivity contribution >= 4 is 62.3 Å². The van der Waals surface area contributed by atoms with Crippen molar-refractivity contribution in [3.05, 3.63) is 48.4 Å². The predicted octanol–water partition coefficient (Wildman–Crippen LogP) is 4.63. The number of benzene rings is 1. The third kappa shape index (κ3) is 3.60. The molecule has 1 aromatic heterocycles. The molecule has 7 heteroatoms. The Hall–Kier alpha value is -1.12. The van der Waals surface area contributed by atoms with Crippen LogP contribution in [0.4, 0.5) is 5.00 Å². The highest BCUT2D eigenvalue weighted by molar-refractivity contribution is 14.1. The number of carbonyl (C=O) groups excluding carboxylic acids is 2. The van der Waals surface area contributed by atoms with Gasteiger partial charge in [0.1, 0.15) is 5.00 Å². The van der Waals surface area contributed by atoms with Crippen molar-refractivity contribution in [2.45, 2.75) is 32.1 Å². The SMILES string of the molecule is NC(=O)c1c(NC(=O)c2cc(I)ccc2Cl)sc2c1CCCCC2. The summed E-state index contributed by atoms with van der Waals surface area (Å²) in [5, 5.41) is 3.76. The van der Waals surface area contributed by atoms with Gasteiger partial charge in [0, 0.05) is 8.45 Å². The van der Waals surface area contributed by atoms with Crippen LogP contribution in [0, 0.1) is 3.57 Å². The lowest BCUT2D eigenvalue weighted by atomic mass is 10.1. The molecular formula is C17H16ClIN2O2S. The van der Waals surface area contributed by atoms with Gasteiger partial charge in [0.25, 0.3) is 11.8 Å². The van der Waals surface area contributed by atoms with Crippen LogP contribution >= 0.6 is 45.5 Å². The molecular weight excluding hydrogens is 459 g/mol. The van der Waals surface area contributed by atoms with Crippen molar-refractivity contribution in [2.24, 2.45) is 5.73 Å². The van der Waals surface area contributed by atoms with Gasteiger partial charge in [0.2, 0.25) is 0 Å². The van der Waals surface area contributed by atoms with E-state index in [2.05, 4.69) is 27.9 Å². The van der Waals surface area contributed by atoms with E-state index in [-0.39, 0.29) is 5.91 Å². The molecule has 1 aromatic carbocycles. The van der Waals surface area contributed by atoms with Gasteiger partial charge in [-0.15, -0.1) is 11.3 Å². The van der Waals surface area contributed by atoms with Gasteiger partial charge in [-0.05, 0) is 72.0 Å². The lowest BCUT2D eigenvalue weighted by Gasteiger charge is -2.08. The highest BCUT2D eigenvalue weighted by atomic mass is 127. The monoisotopic (exact) mass is 474 g/mol. The Labute approximate surface area is 162 Å². The number of primary amides is 1. The number of thiophene rings is 1. The van der Waals surface area contributed by atoms with Gasteiger partial charge in [0.15, 0.2) is 0 Å². The molecule has 2 aromatic rings. The lowest BCUT2D eigenvalue weighted by Crippen LogP contribution is -2.18. The van der Waals surface area contributed by atoms with Crippen LogP contribution in [0.2, 0.25) is 5.02 Å². The van der Waals surface area contributed by atoms with Crippen LogP contribution in [0.1, 0.15) is 50.4 Å². The number of anilines is 1. The maximum absolute atomic E-state index is 12.6. The second-order valence-corrected chi connectivity index (χ2v) is 8.47. The number of fused-ring (bicyclic) bond motifs is 1. The molecule has 0 fully saturated rings. The van der Waals surface area contributed by atoms with Crippen molar-refractivity contribution < 1.29 is 9.59 Å². The van der Waals surface area contributed by atoms with Crippen molar-refractivity contribution in [1.82, 2.24) is 0 Å². The molecule has 0 atom stereocenters. The number of amides is 2. The summed E-state index contributed by atoms with van der Waals surface area (Å²) in [4.78, 5) is 25.7. The maximum Gasteiger partial charge on any atom is 0.257 e. The van der Waals surface area contributed by atoms with E-state index in [0.717, 1.165) is 46.1 Å². The molecule has 0 saturated heterocycles. The van der Waals surface area contributed by atoms with E-state index in [1.807, 2.05) is 6.07 Å².